The van der Waals surface area contributed by atoms with Crippen LogP contribution in [0.4, 0.5) is 0 Å². The lowest BCUT2D eigenvalue weighted by molar-refractivity contribution is 0.0437. The highest BCUT2D eigenvalue weighted by Gasteiger charge is 2.25. The molecule has 0 saturated heterocycles. The summed E-state index contributed by atoms with van der Waals surface area (Å²) in [6.07, 6.45) is 1.42. The number of hydrogen-bond acceptors (Lipinski definition) is 3. The van der Waals surface area contributed by atoms with Crippen LogP contribution >= 0.6 is 0 Å². The Hall–Kier alpha value is -0.910. The van der Waals surface area contributed by atoms with Crippen LogP contribution in [0.2, 0.25) is 0 Å². The Morgan fingerprint density at radius 3 is 2.25 bits per heavy atom. The number of nitrogens with one attached hydrogen (secondary N) is 1. The predicted molar refractivity (Wildman–Crippen MR) is 81.1 cm³/mol. The summed E-state index contributed by atoms with van der Waals surface area (Å²) in [5.41, 5.74) is 0.0562. The molecular weight excluding hydrogens is 274 g/mol. The first-order chi connectivity index (χ1) is 9.16. The van der Waals surface area contributed by atoms with E-state index in [2.05, 4.69) is 4.72 Å². The smallest absolute Gasteiger partial charge is 0.240 e. The van der Waals surface area contributed by atoms with E-state index < -0.39 is 15.6 Å². The highest BCUT2D eigenvalue weighted by molar-refractivity contribution is 7.89. The van der Waals surface area contributed by atoms with Gasteiger partial charge in [0.05, 0.1) is 10.5 Å². The predicted octanol–water partition coefficient (Wildman–Crippen LogP) is 2.32. The average Bonchev–Trinajstić information content (AvgIpc) is 2.35. The van der Waals surface area contributed by atoms with Gasteiger partial charge in [-0.1, -0.05) is 32.9 Å². The van der Waals surface area contributed by atoms with E-state index in [9.17, 15) is 13.5 Å². The second-order valence-corrected chi connectivity index (χ2v) is 7.68. The van der Waals surface area contributed by atoms with Crippen molar-refractivity contribution in [2.45, 2.75) is 51.0 Å². The maximum absolute atomic E-state index is 12.1. The maximum atomic E-state index is 12.1. The van der Waals surface area contributed by atoms with Crippen LogP contribution in [0.3, 0.4) is 0 Å². The van der Waals surface area contributed by atoms with Crippen molar-refractivity contribution in [1.82, 2.24) is 4.72 Å². The first kappa shape index (κ1) is 17.1. The molecule has 5 heteroatoms. The van der Waals surface area contributed by atoms with Crippen LogP contribution in [0.5, 0.6) is 0 Å². The quantitative estimate of drug-likeness (QED) is 0.812. The molecule has 4 nitrogen and oxygen atoms in total. The Morgan fingerprint density at radius 1 is 1.25 bits per heavy atom. The SMILES string of the molecule is CCc1ccc(S(=O)(=O)NCC(C)(O)CC(C)C)cc1. The van der Waals surface area contributed by atoms with Gasteiger partial charge in [-0.3, -0.25) is 0 Å². The number of aryl methyl sites for hydroxylation is 1. The van der Waals surface area contributed by atoms with Crippen LogP contribution in [-0.4, -0.2) is 25.7 Å². The summed E-state index contributed by atoms with van der Waals surface area (Å²) in [4.78, 5) is 0.232. The van der Waals surface area contributed by atoms with Gasteiger partial charge in [0, 0.05) is 6.54 Å². The number of rotatable bonds is 7. The van der Waals surface area contributed by atoms with Crippen molar-refractivity contribution in [3.8, 4) is 0 Å². The molecule has 2 N–H and O–H groups in total. The summed E-state index contributed by atoms with van der Waals surface area (Å²) in [6.45, 7) is 7.67. The standard InChI is InChI=1S/C15H25NO3S/c1-5-13-6-8-14(9-7-13)20(18,19)16-11-15(4,17)10-12(2)3/h6-9,12,16-17H,5,10-11H2,1-4H3. The summed E-state index contributed by atoms with van der Waals surface area (Å²) in [6, 6.07) is 6.80. The minimum atomic E-state index is -3.56. The Balaban J connectivity index is 2.74. The fourth-order valence-electron chi connectivity index (χ4n) is 2.19. The van der Waals surface area contributed by atoms with Crippen LogP contribution in [-0.2, 0) is 16.4 Å². The molecule has 20 heavy (non-hydrogen) atoms. The Kier molecular flexibility index (Phi) is 5.74. The highest BCUT2D eigenvalue weighted by atomic mass is 32.2. The molecule has 1 atom stereocenters. The first-order valence-corrected chi connectivity index (χ1v) is 8.45. The zero-order valence-corrected chi connectivity index (χ0v) is 13.5. The Morgan fingerprint density at radius 2 is 1.80 bits per heavy atom. The summed E-state index contributed by atoms with van der Waals surface area (Å²) in [5.74, 6) is 0.304. The average molecular weight is 299 g/mol. The molecule has 0 saturated carbocycles. The molecule has 1 rings (SSSR count). The molecule has 114 valence electrons. The molecule has 0 aliphatic rings. The fraction of sp³-hybridized carbons (Fsp3) is 0.600. The van der Waals surface area contributed by atoms with Crippen molar-refractivity contribution < 1.29 is 13.5 Å². The van der Waals surface area contributed by atoms with Crippen molar-refractivity contribution in [1.29, 1.82) is 0 Å². The van der Waals surface area contributed by atoms with Gasteiger partial charge in [0.1, 0.15) is 0 Å². The molecule has 0 fully saturated rings. The largest absolute Gasteiger partial charge is 0.389 e. The van der Waals surface area contributed by atoms with Gasteiger partial charge in [0.25, 0.3) is 0 Å². The van der Waals surface area contributed by atoms with Gasteiger partial charge >= 0.3 is 0 Å². The summed E-state index contributed by atoms with van der Waals surface area (Å²) in [7, 11) is -3.56. The van der Waals surface area contributed by atoms with E-state index >= 15 is 0 Å². The molecule has 0 aromatic heterocycles. The van der Waals surface area contributed by atoms with E-state index in [-0.39, 0.29) is 11.4 Å². The third kappa shape index (κ3) is 5.23. The zero-order chi connectivity index (χ0) is 15.4. The van der Waals surface area contributed by atoms with E-state index in [1.54, 1.807) is 31.2 Å². The first-order valence-electron chi connectivity index (χ1n) is 6.97. The van der Waals surface area contributed by atoms with E-state index in [1.807, 2.05) is 20.8 Å². The van der Waals surface area contributed by atoms with Crippen LogP contribution in [0.1, 0.15) is 39.7 Å². The monoisotopic (exact) mass is 299 g/mol. The normalized spacial score (nSPS) is 15.3. The molecule has 1 aromatic carbocycles. The van der Waals surface area contributed by atoms with E-state index in [0.29, 0.717) is 12.3 Å². The lowest BCUT2D eigenvalue weighted by Crippen LogP contribution is -2.41. The van der Waals surface area contributed by atoms with E-state index in [0.717, 1.165) is 12.0 Å². The molecule has 1 unspecified atom stereocenters. The zero-order valence-electron chi connectivity index (χ0n) is 12.7. The van der Waals surface area contributed by atoms with Crippen molar-refractivity contribution in [2.24, 2.45) is 5.92 Å². The van der Waals surface area contributed by atoms with Gasteiger partial charge in [0.2, 0.25) is 10.0 Å². The molecule has 0 aliphatic heterocycles. The second kappa shape index (κ2) is 6.70. The minimum Gasteiger partial charge on any atom is -0.389 e. The van der Waals surface area contributed by atoms with Gasteiger partial charge in [-0.2, -0.15) is 0 Å². The molecule has 0 amide bonds. The summed E-state index contributed by atoms with van der Waals surface area (Å²) < 4.78 is 26.8. The number of aliphatic hydroxyl groups is 1. The van der Waals surface area contributed by atoms with Gasteiger partial charge in [-0.25, -0.2) is 13.1 Å². The topological polar surface area (TPSA) is 66.4 Å². The third-order valence-electron chi connectivity index (χ3n) is 3.13. The molecule has 1 aromatic rings. The van der Waals surface area contributed by atoms with Crippen molar-refractivity contribution in [3.63, 3.8) is 0 Å². The Labute approximate surface area is 122 Å². The maximum Gasteiger partial charge on any atom is 0.240 e. The van der Waals surface area contributed by atoms with Crippen LogP contribution in [0, 0.1) is 5.92 Å². The van der Waals surface area contributed by atoms with E-state index in [4.69, 9.17) is 0 Å². The Bertz CT molecular complexity index is 519. The van der Waals surface area contributed by atoms with Crippen LogP contribution in [0.15, 0.2) is 29.2 Å². The molecule has 0 bridgehead atoms. The fourth-order valence-corrected chi connectivity index (χ4v) is 3.35. The second-order valence-electron chi connectivity index (χ2n) is 5.92. The molecule has 0 heterocycles. The summed E-state index contributed by atoms with van der Waals surface area (Å²) >= 11 is 0. The molecular formula is C15H25NO3S. The lowest BCUT2D eigenvalue weighted by atomic mass is 9.95. The number of hydrogen-bond donors (Lipinski definition) is 2. The lowest BCUT2D eigenvalue weighted by Gasteiger charge is -2.25. The number of sulfonamides is 1. The van der Waals surface area contributed by atoms with Crippen LogP contribution < -0.4 is 4.72 Å². The van der Waals surface area contributed by atoms with Crippen molar-refractivity contribution in [2.75, 3.05) is 6.54 Å². The highest BCUT2D eigenvalue weighted by Crippen LogP contribution is 2.17. The van der Waals surface area contributed by atoms with Gasteiger partial charge in [-0.05, 0) is 43.4 Å². The van der Waals surface area contributed by atoms with Crippen molar-refractivity contribution >= 4 is 10.0 Å². The van der Waals surface area contributed by atoms with Crippen molar-refractivity contribution in [3.05, 3.63) is 29.8 Å². The molecule has 0 spiro atoms. The van der Waals surface area contributed by atoms with Crippen LogP contribution in [0.25, 0.3) is 0 Å². The van der Waals surface area contributed by atoms with E-state index in [1.165, 1.54) is 0 Å². The van der Waals surface area contributed by atoms with Gasteiger partial charge < -0.3 is 5.11 Å². The van der Waals surface area contributed by atoms with Gasteiger partial charge in [0.15, 0.2) is 0 Å². The van der Waals surface area contributed by atoms with Gasteiger partial charge in [-0.15, -0.1) is 0 Å². The summed E-state index contributed by atoms with van der Waals surface area (Å²) in [5, 5.41) is 10.2. The molecule has 0 radical (unpaired) electrons. The third-order valence-corrected chi connectivity index (χ3v) is 4.55. The minimum absolute atomic E-state index is 0.0169. The molecule has 0 aliphatic carbocycles. The number of benzene rings is 1.